The van der Waals surface area contributed by atoms with Crippen LogP contribution < -0.4 is 4.74 Å². The van der Waals surface area contributed by atoms with Gasteiger partial charge < -0.3 is 14.6 Å². The molecule has 0 spiro atoms. The Morgan fingerprint density at radius 2 is 1.69 bits per heavy atom. The van der Waals surface area contributed by atoms with Gasteiger partial charge in [-0.15, -0.1) is 11.6 Å². The molecule has 0 aliphatic rings. The number of benzene rings is 1. The minimum atomic E-state index is 0.272. The van der Waals surface area contributed by atoms with E-state index in [-0.39, 0.29) is 5.75 Å². The van der Waals surface area contributed by atoms with Crippen molar-refractivity contribution < 1.29 is 14.6 Å². The lowest BCUT2D eigenvalue weighted by atomic mass is 10.0. The van der Waals surface area contributed by atoms with E-state index in [1.165, 1.54) is 0 Å². The van der Waals surface area contributed by atoms with Crippen LogP contribution >= 0.6 is 11.6 Å². The first kappa shape index (κ1) is 15.1. The molecule has 3 nitrogen and oxygen atoms in total. The van der Waals surface area contributed by atoms with Gasteiger partial charge in [0.2, 0.25) is 0 Å². The van der Waals surface area contributed by atoms with E-state index < -0.39 is 0 Å². The van der Waals surface area contributed by atoms with Crippen LogP contribution in [0.3, 0.4) is 0 Å². The van der Waals surface area contributed by atoms with Gasteiger partial charge in [0.05, 0.1) is 13.0 Å². The van der Waals surface area contributed by atoms with E-state index in [1.807, 2.05) is 13.8 Å². The topological polar surface area (TPSA) is 38.7 Å². The molecule has 0 amide bonds. The number of phenolic OH excluding ortho intramolecular Hbond substituents is 1. The molecule has 0 aliphatic carbocycles. The van der Waals surface area contributed by atoms with Gasteiger partial charge in [-0.1, -0.05) is 0 Å². The van der Waals surface area contributed by atoms with Crippen molar-refractivity contribution in [2.45, 2.75) is 19.7 Å². The molecular formula is C12H19ClO3. The first-order valence-corrected chi connectivity index (χ1v) is 5.39. The Morgan fingerprint density at radius 3 is 2.06 bits per heavy atom. The monoisotopic (exact) mass is 246 g/mol. The van der Waals surface area contributed by atoms with Gasteiger partial charge in [0.15, 0.2) is 0 Å². The largest absolute Gasteiger partial charge is 0.508 e. The van der Waals surface area contributed by atoms with Gasteiger partial charge in [-0.25, -0.2) is 0 Å². The van der Waals surface area contributed by atoms with Gasteiger partial charge in [-0.2, -0.15) is 0 Å². The number of methoxy groups -OCH3 is 2. The van der Waals surface area contributed by atoms with Crippen molar-refractivity contribution in [3.05, 3.63) is 22.8 Å². The molecule has 0 saturated heterocycles. The number of hydrogen-bond acceptors (Lipinski definition) is 3. The lowest BCUT2D eigenvalue weighted by molar-refractivity contribution is 0.277. The van der Waals surface area contributed by atoms with Gasteiger partial charge in [0.25, 0.3) is 0 Å². The van der Waals surface area contributed by atoms with E-state index in [2.05, 4.69) is 4.74 Å². The van der Waals surface area contributed by atoms with Crippen molar-refractivity contribution in [1.29, 1.82) is 0 Å². The van der Waals surface area contributed by atoms with E-state index in [4.69, 9.17) is 16.3 Å². The van der Waals surface area contributed by atoms with E-state index in [0.29, 0.717) is 5.88 Å². The minimum Gasteiger partial charge on any atom is -0.508 e. The SMILES string of the molecule is COC.COc1c(CCl)cc(O)c(C)c1C. The van der Waals surface area contributed by atoms with Crippen LogP contribution in [-0.4, -0.2) is 26.4 Å². The summed E-state index contributed by atoms with van der Waals surface area (Å²) in [6.07, 6.45) is 0. The fourth-order valence-electron chi connectivity index (χ4n) is 1.33. The molecule has 0 atom stereocenters. The summed E-state index contributed by atoms with van der Waals surface area (Å²) in [5.41, 5.74) is 2.61. The summed E-state index contributed by atoms with van der Waals surface area (Å²) >= 11 is 5.72. The first-order chi connectivity index (χ1) is 7.53. The summed E-state index contributed by atoms with van der Waals surface area (Å²) in [6, 6.07) is 1.65. The Kier molecular flexibility index (Phi) is 6.93. The third-order valence-corrected chi connectivity index (χ3v) is 2.53. The molecule has 0 unspecified atom stereocenters. The Morgan fingerprint density at radius 1 is 1.19 bits per heavy atom. The molecule has 0 aromatic heterocycles. The second kappa shape index (κ2) is 7.36. The Bertz CT molecular complexity index is 338. The maximum absolute atomic E-state index is 9.52. The highest BCUT2D eigenvalue weighted by Gasteiger charge is 2.11. The van der Waals surface area contributed by atoms with Gasteiger partial charge in [0.1, 0.15) is 11.5 Å². The van der Waals surface area contributed by atoms with E-state index in [0.717, 1.165) is 22.4 Å². The minimum absolute atomic E-state index is 0.272. The second-order valence-electron chi connectivity index (χ2n) is 3.38. The van der Waals surface area contributed by atoms with Crippen LogP contribution in [0.2, 0.25) is 0 Å². The van der Waals surface area contributed by atoms with E-state index in [1.54, 1.807) is 27.4 Å². The quantitative estimate of drug-likeness (QED) is 0.816. The van der Waals surface area contributed by atoms with Crippen LogP contribution in [0.15, 0.2) is 6.07 Å². The summed E-state index contributed by atoms with van der Waals surface area (Å²) < 4.78 is 9.46. The molecule has 1 N–H and O–H groups in total. The zero-order chi connectivity index (χ0) is 12.7. The molecule has 0 radical (unpaired) electrons. The zero-order valence-electron chi connectivity index (χ0n) is 10.4. The van der Waals surface area contributed by atoms with Crippen molar-refractivity contribution in [2.24, 2.45) is 0 Å². The van der Waals surface area contributed by atoms with Crippen LogP contribution in [-0.2, 0) is 10.6 Å². The van der Waals surface area contributed by atoms with Gasteiger partial charge in [0, 0.05) is 19.8 Å². The second-order valence-corrected chi connectivity index (χ2v) is 3.65. The molecule has 0 fully saturated rings. The summed E-state index contributed by atoms with van der Waals surface area (Å²) in [7, 11) is 4.86. The maximum Gasteiger partial charge on any atom is 0.126 e. The smallest absolute Gasteiger partial charge is 0.126 e. The molecule has 0 aliphatic heterocycles. The van der Waals surface area contributed by atoms with Crippen LogP contribution in [0.4, 0.5) is 0 Å². The molecule has 16 heavy (non-hydrogen) atoms. The van der Waals surface area contributed by atoms with Gasteiger partial charge >= 0.3 is 0 Å². The van der Waals surface area contributed by atoms with Crippen LogP contribution in [0.1, 0.15) is 16.7 Å². The van der Waals surface area contributed by atoms with Crippen molar-refractivity contribution in [2.75, 3.05) is 21.3 Å². The highest BCUT2D eigenvalue weighted by Crippen LogP contribution is 2.33. The third kappa shape index (κ3) is 3.58. The molecule has 0 saturated carbocycles. The fourth-order valence-corrected chi connectivity index (χ4v) is 1.52. The Hall–Kier alpha value is -0.930. The lowest BCUT2D eigenvalue weighted by Gasteiger charge is -2.13. The molecule has 1 aromatic carbocycles. The number of rotatable bonds is 2. The standard InChI is InChI=1S/C10H13ClO2.C2H6O/c1-6-7(2)10(13-3)8(5-11)4-9(6)12;1-3-2/h4,12H,5H2,1-3H3;1-2H3. The van der Waals surface area contributed by atoms with Crippen LogP contribution in [0.5, 0.6) is 11.5 Å². The molecule has 1 aromatic rings. The summed E-state index contributed by atoms with van der Waals surface area (Å²) in [5.74, 6) is 1.39. The zero-order valence-corrected chi connectivity index (χ0v) is 11.2. The number of ether oxygens (including phenoxy) is 2. The third-order valence-electron chi connectivity index (χ3n) is 2.24. The molecular weight excluding hydrogens is 228 g/mol. The molecule has 1 rings (SSSR count). The van der Waals surface area contributed by atoms with Gasteiger partial charge in [-0.05, 0) is 31.0 Å². The highest BCUT2D eigenvalue weighted by atomic mass is 35.5. The maximum atomic E-state index is 9.52. The van der Waals surface area contributed by atoms with Crippen molar-refractivity contribution in [3.63, 3.8) is 0 Å². The molecule has 0 heterocycles. The van der Waals surface area contributed by atoms with Gasteiger partial charge in [-0.3, -0.25) is 0 Å². The first-order valence-electron chi connectivity index (χ1n) is 4.85. The van der Waals surface area contributed by atoms with E-state index in [9.17, 15) is 5.11 Å². The van der Waals surface area contributed by atoms with Crippen LogP contribution in [0, 0.1) is 13.8 Å². The highest BCUT2D eigenvalue weighted by molar-refractivity contribution is 6.17. The average Bonchev–Trinajstić information content (AvgIpc) is 2.26. The van der Waals surface area contributed by atoms with Crippen molar-refractivity contribution in [1.82, 2.24) is 0 Å². The summed E-state index contributed by atoms with van der Waals surface area (Å²) in [6.45, 7) is 3.76. The Balaban J connectivity index is 0.000000673. The number of aromatic hydroxyl groups is 1. The predicted octanol–water partition coefficient (Wildman–Crippen LogP) is 3.02. The number of phenols is 1. The number of hydrogen-bond donors (Lipinski definition) is 1. The van der Waals surface area contributed by atoms with Crippen molar-refractivity contribution >= 4 is 11.6 Å². The number of alkyl halides is 1. The van der Waals surface area contributed by atoms with E-state index >= 15 is 0 Å². The Labute approximate surface area is 102 Å². The summed E-state index contributed by atoms with van der Waals surface area (Å²) in [4.78, 5) is 0. The fraction of sp³-hybridized carbons (Fsp3) is 0.500. The molecule has 0 bridgehead atoms. The molecule has 4 heteroatoms. The normalized spacial score (nSPS) is 9.38. The lowest BCUT2D eigenvalue weighted by Crippen LogP contribution is -1.95. The predicted molar refractivity (Wildman–Crippen MR) is 66.6 cm³/mol. The average molecular weight is 247 g/mol. The molecule has 92 valence electrons. The van der Waals surface area contributed by atoms with Crippen molar-refractivity contribution in [3.8, 4) is 11.5 Å². The number of halogens is 1. The summed E-state index contributed by atoms with van der Waals surface area (Å²) in [5, 5.41) is 9.52. The van der Waals surface area contributed by atoms with Crippen LogP contribution in [0.25, 0.3) is 0 Å².